The molecule has 0 saturated carbocycles. The summed E-state index contributed by atoms with van der Waals surface area (Å²) in [5.74, 6) is -1.50. The lowest BCUT2D eigenvalue weighted by molar-refractivity contribution is -0.137. The number of hydrogen-bond donors (Lipinski definition) is 2. The topological polar surface area (TPSA) is 79.5 Å². The van der Waals surface area contributed by atoms with Crippen LogP contribution >= 0.6 is 11.3 Å². The average molecular weight is 355 g/mol. The molecule has 0 atom stereocenters. The third kappa shape index (κ3) is 2.85. The number of nitrogens with one attached hydrogen (secondary N) is 1. The molecule has 0 unspecified atom stereocenters. The highest BCUT2D eigenvalue weighted by Gasteiger charge is 2.30. The van der Waals surface area contributed by atoms with Gasteiger partial charge in [-0.2, -0.15) is 13.2 Å². The standard InChI is InChI=1S/C15H8F3NO4S/c16-15(17,18)7-1-3-8(4-2-7)19-13(21)10-11(20)12-9(5-6-24-12)23-14(10)22/h1-6,20H,(H,19,21). The first-order chi connectivity index (χ1) is 11.3. The van der Waals surface area contributed by atoms with Gasteiger partial charge in [0, 0.05) is 5.69 Å². The Morgan fingerprint density at radius 2 is 1.83 bits per heavy atom. The second-order valence-electron chi connectivity index (χ2n) is 4.76. The SMILES string of the molecule is O=C(Nc1ccc(C(F)(F)F)cc1)c1c(O)c2sccc2oc1=O. The van der Waals surface area contributed by atoms with E-state index < -0.39 is 34.6 Å². The van der Waals surface area contributed by atoms with Gasteiger partial charge in [-0.15, -0.1) is 11.3 Å². The second kappa shape index (κ2) is 5.68. The maximum absolute atomic E-state index is 12.5. The van der Waals surface area contributed by atoms with Crippen LogP contribution in [0.5, 0.6) is 5.75 Å². The summed E-state index contributed by atoms with van der Waals surface area (Å²) < 4.78 is 42.6. The molecule has 2 heterocycles. The van der Waals surface area contributed by atoms with Gasteiger partial charge in [-0.25, -0.2) is 4.79 Å². The van der Waals surface area contributed by atoms with Crippen LogP contribution in [0.4, 0.5) is 18.9 Å². The van der Waals surface area contributed by atoms with Crippen molar-refractivity contribution >= 4 is 33.2 Å². The smallest absolute Gasteiger partial charge is 0.416 e. The molecular formula is C15H8F3NO4S. The van der Waals surface area contributed by atoms with Crippen LogP contribution in [0.2, 0.25) is 0 Å². The molecule has 2 N–H and O–H groups in total. The number of amides is 1. The van der Waals surface area contributed by atoms with Gasteiger partial charge in [-0.05, 0) is 35.7 Å². The Balaban J connectivity index is 1.92. The molecule has 0 saturated heterocycles. The normalized spacial score (nSPS) is 11.6. The van der Waals surface area contributed by atoms with Crippen LogP contribution < -0.4 is 10.9 Å². The van der Waals surface area contributed by atoms with Gasteiger partial charge in [0.25, 0.3) is 5.91 Å². The minimum absolute atomic E-state index is 0.0399. The van der Waals surface area contributed by atoms with Gasteiger partial charge in [-0.3, -0.25) is 4.79 Å². The summed E-state index contributed by atoms with van der Waals surface area (Å²) in [5, 5.41) is 13.9. The summed E-state index contributed by atoms with van der Waals surface area (Å²) in [5.41, 5.74) is -2.33. The van der Waals surface area contributed by atoms with Crippen LogP contribution in [-0.4, -0.2) is 11.0 Å². The van der Waals surface area contributed by atoms with E-state index in [0.717, 1.165) is 35.6 Å². The van der Waals surface area contributed by atoms with Crippen molar-refractivity contribution in [3.63, 3.8) is 0 Å². The van der Waals surface area contributed by atoms with Crippen molar-refractivity contribution in [2.75, 3.05) is 5.32 Å². The van der Waals surface area contributed by atoms with Crippen LogP contribution in [-0.2, 0) is 6.18 Å². The van der Waals surface area contributed by atoms with Crippen LogP contribution in [0.1, 0.15) is 15.9 Å². The fraction of sp³-hybridized carbons (Fsp3) is 0.0667. The number of fused-ring (bicyclic) bond motifs is 1. The summed E-state index contributed by atoms with van der Waals surface area (Å²) in [6.45, 7) is 0. The second-order valence-corrected chi connectivity index (χ2v) is 5.67. The van der Waals surface area contributed by atoms with E-state index in [9.17, 15) is 27.9 Å². The number of benzene rings is 1. The highest BCUT2D eigenvalue weighted by molar-refractivity contribution is 7.17. The monoisotopic (exact) mass is 355 g/mol. The lowest BCUT2D eigenvalue weighted by atomic mass is 10.2. The molecular weight excluding hydrogens is 347 g/mol. The van der Waals surface area contributed by atoms with E-state index in [2.05, 4.69) is 5.32 Å². The molecule has 0 aliphatic rings. The van der Waals surface area contributed by atoms with Crippen molar-refractivity contribution in [2.45, 2.75) is 6.18 Å². The molecule has 0 fully saturated rings. The van der Waals surface area contributed by atoms with Crippen molar-refractivity contribution in [3.8, 4) is 5.75 Å². The molecule has 3 rings (SSSR count). The van der Waals surface area contributed by atoms with Crippen molar-refractivity contribution in [2.24, 2.45) is 0 Å². The zero-order valence-corrected chi connectivity index (χ0v) is 12.5. The van der Waals surface area contributed by atoms with Crippen molar-refractivity contribution in [1.82, 2.24) is 0 Å². The number of rotatable bonds is 2. The summed E-state index contributed by atoms with van der Waals surface area (Å²) in [6.07, 6.45) is -4.49. The molecule has 124 valence electrons. The third-order valence-corrected chi connectivity index (χ3v) is 4.09. The number of aromatic hydroxyl groups is 1. The molecule has 24 heavy (non-hydrogen) atoms. The number of anilines is 1. The van der Waals surface area contributed by atoms with Gasteiger partial charge >= 0.3 is 11.8 Å². The fourth-order valence-electron chi connectivity index (χ4n) is 2.05. The summed E-state index contributed by atoms with van der Waals surface area (Å²) in [4.78, 5) is 24.0. The Morgan fingerprint density at radius 3 is 2.46 bits per heavy atom. The van der Waals surface area contributed by atoms with Crippen molar-refractivity contribution in [1.29, 1.82) is 0 Å². The highest BCUT2D eigenvalue weighted by Crippen LogP contribution is 2.32. The van der Waals surface area contributed by atoms with Crippen LogP contribution in [0.3, 0.4) is 0 Å². The van der Waals surface area contributed by atoms with Gasteiger partial charge in [0.2, 0.25) is 0 Å². The van der Waals surface area contributed by atoms with Crippen LogP contribution in [0.15, 0.2) is 44.9 Å². The van der Waals surface area contributed by atoms with E-state index in [1.807, 2.05) is 0 Å². The number of carbonyl (C=O) groups excluding carboxylic acids is 1. The van der Waals surface area contributed by atoms with Gasteiger partial charge in [0.15, 0.2) is 16.9 Å². The summed E-state index contributed by atoms with van der Waals surface area (Å²) in [7, 11) is 0. The molecule has 5 nitrogen and oxygen atoms in total. The maximum Gasteiger partial charge on any atom is 0.416 e. The minimum atomic E-state index is -4.49. The van der Waals surface area contributed by atoms with E-state index >= 15 is 0 Å². The van der Waals surface area contributed by atoms with E-state index in [1.54, 1.807) is 5.38 Å². The Hall–Kier alpha value is -2.81. The van der Waals surface area contributed by atoms with Crippen molar-refractivity contribution in [3.05, 3.63) is 57.3 Å². The van der Waals surface area contributed by atoms with Gasteiger partial charge in [-0.1, -0.05) is 0 Å². The first-order valence-corrected chi connectivity index (χ1v) is 7.37. The first kappa shape index (κ1) is 16.1. The maximum atomic E-state index is 12.5. The zero-order chi connectivity index (χ0) is 17.5. The molecule has 1 amide bonds. The van der Waals surface area contributed by atoms with Crippen molar-refractivity contribution < 1.29 is 27.5 Å². The quantitative estimate of drug-likeness (QED) is 0.732. The Kier molecular flexibility index (Phi) is 3.80. The fourth-order valence-corrected chi connectivity index (χ4v) is 2.82. The lowest BCUT2D eigenvalue weighted by Gasteiger charge is -2.09. The van der Waals surface area contributed by atoms with E-state index in [1.165, 1.54) is 6.07 Å². The molecule has 2 aromatic heterocycles. The van der Waals surface area contributed by atoms with Gasteiger partial charge < -0.3 is 14.8 Å². The molecule has 9 heteroatoms. The number of alkyl halides is 3. The predicted octanol–water partition coefficient (Wildman–Crippen LogP) is 3.83. The molecule has 0 spiro atoms. The van der Waals surface area contributed by atoms with Crippen LogP contribution in [0, 0.1) is 0 Å². The minimum Gasteiger partial charge on any atom is -0.505 e. The zero-order valence-electron chi connectivity index (χ0n) is 11.7. The first-order valence-electron chi connectivity index (χ1n) is 6.49. The molecule has 0 radical (unpaired) electrons. The lowest BCUT2D eigenvalue weighted by Crippen LogP contribution is -2.21. The largest absolute Gasteiger partial charge is 0.505 e. The Labute approximate surface area is 136 Å². The Bertz CT molecular complexity index is 973. The van der Waals surface area contributed by atoms with Crippen LogP contribution in [0.25, 0.3) is 10.3 Å². The molecule has 0 aliphatic heterocycles. The number of thiophene rings is 1. The number of hydrogen-bond acceptors (Lipinski definition) is 5. The van der Waals surface area contributed by atoms with E-state index in [4.69, 9.17) is 4.42 Å². The van der Waals surface area contributed by atoms with Gasteiger partial charge in [0.05, 0.1) is 5.56 Å². The number of halogens is 3. The molecule has 1 aromatic carbocycles. The molecule has 3 aromatic rings. The molecule has 0 aliphatic carbocycles. The average Bonchev–Trinajstić information content (AvgIpc) is 2.95. The van der Waals surface area contributed by atoms with E-state index in [0.29, 0.717) is 0 Å². The Morgan fingerprint density at radius 1 is 1.17 bits per heavy atom. The van der Waals surface area contributed by atoms with Gasteiger partial charge in [0.1, 0.15) is 4.70 Å². The molecule has 0 bridgehead atoms. The number of carbonyl (C=O) groups is 1. The predicted molar refractivity (Wildman–Crippen MR) is 81.4 cm³/mol. The van der Waals surface area contributed by atoms with E-state index in [-0.39, 0.29) is 16.0 Å². The summed E-state index contributed by atoms with van der Waals surface area (Å²) in [6, 6.07) is 5.14. The summed E-state index contributed by atoms with van der Waals surface area (Å²) >= 11 is 1.08. The third-order valence-electron chi connectivity index (χ3n) is 3.18. The highest BCUT2D eigenvalue weighted by atomic mass is 32.1.